The highest BCUT2D eigenvalue weighted by molar-refractivity contribution is 4.99. The number of nitrogens with one attached hydrogen (secondary N) is 1. The molecule has 3 nitrogen and oxygen atoms in total. The lowest BCUT2D eigenvalue weighted by Crippen LogP contribution is -2.66. The third kappa shape index (κ3) is 4.44. The first kappa shape index (κ1) is 16.9. The van der Waals surface area contributed by atoms with Crippen LogP contribution in [-0.2, 0) is 4.74 Å². The van der Waals surface area contributed by atoms with Gasteiger partial charge >= 0.3 is 0 Å². The van der Waals surface area contributed by atoms with E-state index in [1.807, 2.05) is 0 Å². The Kier molecular flexibility index (Phi) is 6.28. The van der Waals surface area contributed by atoms with Gasteiger partial charge in [-0.25, -0.2) is 0 Å². The van der Waals surface area contributed by atoms with Gasteiger partial charge in [0.1, 0.15) is 0 Å². The molecule has 1 fully saturated rings. The quantitative estimate of drug-likeness (QED) is 0.751. The van der Waals surface area contributed by atoms with Crippen molar-refractivity contribution in [3.05, 3.63) is 0 Å². The summed E-state index contributed by atoms with van der Waals surface area (Å²) in [6.45, 7) is 18.7. The third-order valence-corrected chi connectivity index (χ3v) is 4.70. The van der Waals surface area contributed by atoms with Crippen molar-refractivity contribution in [2.75, 3.05) is 32.8 Å². The highest BCUT2D eigenvalue weighted by atomic mass is 16.5. The van der Waals surface area contributed by atoms with E-state index in [9.17, 15) is 0 Å². The summed E-state index contributed by atoms with van der Waals surface area (Å²) in [5.41, 5.74) is 0.612. The smallest absolute Gasteiger partial charge is 0.0593 e. The number of ether oxygens (including phenoxy) is 1. The van der Waals surface area contributed by atoms with Crippen LogP contribution in [0, 0.1) is 5.41 Å². The van der Waals surface area contributed by atoms with Crippen LogP contribution in [0.2, 0.25) is 0 Å². The Morgan fingerprint density at radius 2 is 1.84 bits per heavy atom. The van der Waals surface area contributed by atoms with E-state index >= 15 is 0 Å². The van der Waals surface area contributed by atoms with Gasteiger partial charge in [0.15, 0.2) is 0 Å². The van der Waals surface area contributed by atoms with E-state index in [0.717, 1.165) is 32.8 Å². The van der Waals surface area contributed by atoms with E-state index in [2.05, 4.69) is 51.8 Å². The lowest BCUT2D eigenvalue weighted by molar-refractivity contribution is -0.000519. The van der Waals surface area contributed by atoms with E-state index in [4.69, 9.17) is 4.74 Å². The fraction of sp³-hybridized carbons (Fsp3) is 1.00. The van der Waals surface area contributed by atoms with Crippen molar-refractivity contribution in [2.24, 2.45) is 5.41 Å². The molecule has 1 aliphatic heterocycles. The van der Waals surface area contributed by atoms with Crippen molar-refractivity contribution in [1.82, 2.24) is 10.2 Å². The van der Waals surface area contributed by atoms with Gasteiger partial charge in [-0.1, -0.05) is 34.6 Å². The molecule has 1 aliphatic rings. The Balaban J connectivity index is 2.74. The summed E-state index contributed by atoms with van der Waals surface area (Å²) in [6, 6.07) is 0.596. The lowest BCUT2D eigenvalue weighted by atomic mass is 9.80. The number of rotatable bonds is 6. The molecule has 0 aromatic heterocycles. The molecule has 0 aliphatic carbocycles. The second kappa shape index (κ2) is 7.05. The monoisotopic (exact) mass is 270 g/mol. The maximum absolute atomic E-state index is 5.57. The minimum atomic E-state index is 0.300. The van der Waals surface area contributed by atoms with Crippen LogP contribution in [0.5, 0.6) is 0 Å². The first-order valence-corrected chi connectivity index (χ1v) is 7.95. The average Bonchev–Trinajstić information content (AvgIpc) is 2.37. The van der Waals surface area contributed by atoms with E-state index in [1.165, 1.54) is 12.8 Å². The molecule has 19 heavy (non-hydrogen) atoms. The molecule has 1 saturated heterocycles. The molecule has 0 radical (unpaired) electrons. The summed E-state index contributed by atoms with van der Waals surface area (Å²) in [5, 5.41) is 3.83. The summed E-state index contributed by atoms with van der Waals surface area (Å²) in [7, 11) is 0. The molecule has 1 rings (SSSR count). The Hall–Kier alpha value is -0.120. The van der Waals surface area contributed by atoms with Gasteiger partial charge in [-0.2, -0.15) is 0 Å². The van der Waals surface area contributed by atoms with Gasteiger partial charge in [0.05, 0.1) is 6.61 Å². The Morgan fingerprint density at radius 3 is 2.32 bits per heavy atom. The van der Waals surface area contributed by atoms with Gasteiger partial charge in [-0.3, -0.25) is 4.90 Å². The van der Waals surface area contributed by atoms with Gasteiger partial charge in [0.2, 0.25) is 0 Å². The molecule has 1 N–H and O–H groups in total. The molecular weight excluding hydrogens is 236 g/mol. The molecule has 1 atom stereocenters. The van der Waals surface area contributed by atoms with Crippen LogP contribution in [0.1, 0.15) is 54.4 Å². The van der Waals surface area contributed by atoms with Crippen molar-refractivity contribution in [3.8, 4) is 0 Å². The Morgan fingerprint density at radius 1 is 1.21 bits per heavy atom. The van der Waals surface area contributed by atoms with E-state index < -0.39 is 0 Å². The first-order valence-electron chi connectivity index (χ1n) is 7.95. The van der Waals surface area contributed by atoms with Crippen molar-refractivity contribution in [3.63, 3.8) is 0 Å². The number of piperazine rings is 1. The molecule has 0 aromatic carbocycles. The largest absolute Gasteiger partial charge is 0.380 e. The van der Waals surface area contributed by atoms with Gasteiger partial charge in [0, 0.05) is 37.8 Å². The first-order chi connectivity index (χ1) is 8.88. The molecule has 1 unspecified atom stereocenters. The Labute approximate surface area is 120 Å². The summed E-state index contributed by atoms with van der Waals surface area (Å²) in [5.74, 6) is 0. The second-order valence-electron chi connectivity index (χ2n) is 6.92. The molecule has 0 amide bonds. The molecule has 0 aromatic rings. The number of nitrogens with zero attached hydrogens (tertiary/aromatic N) is 1. The molecule has 114 valence electrons. The molecule has 0 saturated carbocycles. The zero-order valence-electron chi connectivity index (χ0n) is 13.9. The van der Waals surface area contributed by atoms with Crippen LogP contribution >= 0.6 is 0 Å². The van der Waals surface area contributed by atoms with E-state index in [0.29, 0.717) is 17.0 Å². The Bertz CT molecular complexity index is 256. The summed E-state index contributed by atoms with van der Waals surface area (Å²) in [4.78, 5) is 2.65. The number of hydrogen-bond donors (Lipinski definition) is 1. The zero-order valence-corrected chi connectivity index (χ0v) is 13.9. The maximum Gasteiger partial charge on any atom is 0.0593 e. The van der Waals surface area contributed by atoms with Crippen molar-refractivity contribution in [1.29, 1.82) is 0 Å². The third-order valence-electron chi connectivity index (χ3n) is 4.70. The predicted octanol–water partition coefficient (Wildman–Crippen LogP) is 2.90. The normalized spacial score (nSPS) is 24.6. The fourth-order valence-corrected chi connectivity index (χ4v) is 3.14. The summed E-state index contributed by atoms with van der Waals surface area (Å²) in [6.07, 6.45) is 2.40. The zero-order chi connectivity index (χ0) is 14.5. The molecule has 0 spiro atoms. The molecule has 0 bridgehead atoms. The standard InChI is InChI=1S/C16H34N2O/c1-7-16(8-2)13-18(10-11-19-9-3)14(12-17-16)15(4,5)6/h14,17H,7-13H2,1-6H3. The van der Waals surface area contributed by atoms with Crippen molar-refractivity contribution < 1.29 is 4.74 Å². The van der Waals surface area contributed by atoms with Gasteiger partial charge < -0.3 is 10.1 Å². The van der Waals surface area contributed by atoms with Crippen LogP contribution in [0.3, 0.4) is 0 Å². The molecular formula is C16H34N2O. The van der Waals surface area contributed by atoms with Gasteiger partial charge in [-0.15, -0.1) is 0 Å². The van der Waals surface area contributed by atoms with Crippen LogP contribution in [0.25, 0.3) is 0 Å². The van der Waals surface area contributed by atoms with E-state index in [1.54, 1.807) is 0 Å². The van der Waals surface area contributed by atoms with E-state index in [-0.39, 0.29) is 0 Å². The van der Waals surface area contributed by atoms with Gasteiger partial charge in [0.25, 0.3) is 0 Å². The highest BCUT2D eigenvalue weighted by Crippen LogP contribution is 2.31. The van der Waals surface area contributed by atoms with Crippen LogP contribution in [-0.4, -0.2) is 49.3 Å². The second-order valence-corrected chi connectivity index (χ2v) is 6.92. The summed E-state index contributed by atoms with van der Waals surface area (Å²) < 4.78 is 5.57. The minimum Gasteiger partial charge on any atom is -0.380 e. The maximum atomic E-state index is 5.57. The predicted molar refractivity (Wildman–Crippen MR) is 82.6 cm³/mol. The summed E-state index contributed by atoms with van der Waals surface area (Å²) >= 11 is 0. The fourth-order valence-electron chi connectivity index (χ4n) is 3.14. The van der Waals surface area contributed by atoms with Crippen LogP contribution in [0.15, 0.2) is 0 Å². The number of hydrogen-bond acceptors (Lipinski definition) is 3. The van der Waals surface area contributed by atoms with Gasteiger partial charge in [-0.05, 0) is 25.2 Å². The SMILES string of the molecule is CCOCCN1CC(CC)(CC)NCC1C(C)(C)C. The highest BCUT2D eigenvalue weighted by Gasteiger charge is 2.40. The molecule has 3 heteroatoms. The van der Waals surface area contributed by atoms with Crippen molar-refractivity contribution >= 4 is 0 Å². The topological polar surface area (TPSA) is 24.5 Å². The molecule has 1 heterocycles. The lowest BCUT2D eigenvalue weighted by Gasteiger charge is -2.51. The van der Waals surface area contributed by atoms with Crippen LogP contribution in [0.4, 0.5) is 0 Å². The minimum absolute atomic E-state index is 0.300. The average molecular weight is 270 g/mol. The van der Waals surface area contributed by atoms with Crippen molar-refractivity contribution in [2.45, 2.75) is 66.0 Å². The van der Waals surface area contributed by atoms with Crippen LogP contribution < -0.4 is 5.32 Å².